The molecule has 1 heterocycles. The van der Waals surface area contributed by atoms with Crippen LogP contribution in [0, 0.1) is 0 Å². The summed E-state index contributed by atoms with van der Waals surface area (Å²) in [4.78, 5) is 12.2. The molecule has 0 unspecified atom stereocenters. The maximum absolute atomic E-state index is 12.2. The Kier molecular flexibility index (Phi) is 6.00. The molecule has 134 valence electrons. The summed E-state index contributed by atoms with van der Waals surface area (Å²) in [5.74, 6) is 0.746. The van der Waals surface area contributed by atoms with Crippen LogP contribution >= 0.6 is 27.7 Å². The predicted molar refractivity (Wildman–Crippen MR) is 110 cm³/mol. The lowest BCUT2D eigenvalue weighted by molar-refractivity contribution is -0.118. The second-order valence-electron chi connectivity index (χ2n) is 5.66. The topological polar surface area (TPSA) is 62.7 Å². The third kappa shape index (κ3) is 4.68. The van der Waals surface area contributed by atoms with Crippen LogP contribution in [0.3, 0.4) is 0 Å². The molecule has 1 aliphatic rings. The summed E-state index contributed by atoms with van der Waals surface area (Å²) in [5, 5.41) is 7.42. The molecule has 0 bridgehead atoms. The van der Waals surface area contributed by atoms with E-state index < -0.39 is 0 Å². The van der Waals surface area contributed by atoms with Crippen LogP contribution in [0.15, 0.2) is 64.7 Å². The minimum atomic E-state index is -0.189. The van der Waals surface area contributed by atoms with Gasteiger partial charge in [0, 0.05) is 4.47 Å². The minimum Gasteiger partial charge on any atom is -0.497 e. The Labute approximate surface area is 165 Å². The Morgan fingerprint density at radius 3 is 2.62 bits per heavy atom. The van der Waals surface area contributed by atoms with E-state index in [4.69, 9.17) is 4.74 Å². The van der Waals surface area contributed by atoms with Gasteiger partial charge in [0.2, 0.25) is 5.91 Å². The van der Waals surface area contributed by atoms with E-state index in [1.165, 1.54) is 11.8 Å². The van der Waals surface area contributed by atoms with Crippen LogP contribution in [0.5, 0.6) is 5.75 Å². The van der Waals surface area contributed by atoms with Gasteiger partial charge < -0.3 is 10.1 Å². The van der Waals surface area contributed by atoms with E-state index in [-0.39, 0.29) is 11.2 Å². The second kappa shape index (κ2) is 8.42. The molecule has 1 aliphatic heterocycles. The number of carbonyl (C=O) groups excluding carboxylic acids is 1. The van der Waals surface area contributed by atoms with Crippen LogP contribution in [0.1, 0.15) is 11.1 Å². The molecule has 0 saturated carbocycles. The third-order valence-electron chi connectivity index (χ3n) is 3.84. The molecule has 1 amide bonds. The fourth-order valence-corrected chi connectivity index (χ4v) is 3.64. The molecule has 1 atom stereocenters. The summed E-state index contributed by atoms with van der Waals surface area (Å²) < 4.78 is 6.16. The van der Waals surface area contributed by atoms with Crippen LogP contribution in [-0.4, -0.2) is 23.4 Å². The van der Waals surface area contributed by atoms with Crippen LogP contribution < -0.4 is 15.5 Å². The highest BCUT2D eigenvalue weighted by Gasteiger charge is 2.30. The summed E-state index contributed by atoms with van der Waals surface area (Å²) in [7, 11) is 1.62. The van der Waals surface area contributed by atoms with Gasteiger partial charge in [-0.15, -0.1) is 5.10 Å². The molecule has 1 saturated heterocycles. The minimum absolute atomic E-state index is 0.0338. The molecule has 1 fully saturated rings. The van der Waals surface area contributed by atoms with Crippen molar-refractivity contribution in [1.82, 2.24) is 10.7 Å². The maximum Gasteiger partial charge on any atom is 0.239 e. The van der Waals surface area contributed by atoms with E-state index in [0.717, 1.165) is 21.3 Å². The summed E-state index contributed by atoms with van der Waals surface area (Å²) in [6.07, 6.45) is 0.655. The number of nitrogens with one attached hydrogen (secondary N) is 2. The number of rotatable bonds is 6. The summed E-state index contributed by atoms with van der Waals surface area (Å²) in [5.41, 5.74) is 5.55. The molecule has 26 heavy (non-hydrogen) atoms. The number of thioether (sulfide) groups is 1. The van der Waals surface area contributed by atoms with Crippen molar-refractivity contribution in [2.24, 2.45) is 5.10 Å². The zero-order valence-corrected chi connectivity index (χ0v) is 16.6. The Morgan fingerprint density at radius 1 is 1.27 bits per heavy atom. The second-order valence-corrected chi connectivity index (χ2v) is 7.77. The molecular formula is C19H18BrN3O2S. The van der Waals surface area contributed by atoms with Crippen molar-refractivity contribution in [2.45, 2.75) is 11.7 Å². The highest BCUT2D eigenvalue weighted by atomic mass is 79.9. The van der Waals surface area contributed by atoms with Crippen molar-refractivity contribution < 1.29 is 9.53 Å². The Morgan fingerprint density at radius 2 is 1.96 bits per heavy atom. The van der Waals surface area contributed by atoms with Gasteiger partial charge in [0.05, 0.1) is 18.1 Å². The van der Waals surface area contributed by atoms with E-state index in [1.807, 2.05) is 48.5 Å². The van der Waals surface area contributed by atoms with E-state index in [0.29, 0.717) is 17.3 Å². The molecular weight excluding hydrogens is 414 g/mol. The van der Waals surface area contributed by atoms with Gasteiger partial charge in [0.1, 0.15) is 5.75 Å². The molecule has 2 aromatic rings. The quantitative estimate of drug-likeness (QED) is 0.683. The Hall–Kier alpha value is -2.25. The molecule has 0 radical (unpaired) electrons. The van der Waals surface area contributed by atoms with Gasteiger partial charge in [-0.2, -0.15) is 0 Å². The molecule has 0 aromatic heterocycles. The third-order valence-corrected chi connectivity index (χ3v) is 5.45. The largest absolute Gasteiger partial charge is 0.497 e. The van der Waals surface area contributed by atoms with Gasteiger partial charge in [-0.25, -0.2) is 0 Å². The first kappa shape index (κ1) is 18.5. The lowest BCUT2D eigenvalue weighted by Crippen LogP contribution is -2.26. The normalized spacial score (nSPS) is 17.8. The zero-order chi connectivity index (χ0) is 18.5. The summed E-state index contributed by atoms with van der Waals surface area (Å²) in [6, 6.07) is 15.5. The standard InChI is InChI=1S/C19H18BrN3O2S/c1-12(14-5-9-16(25-2)10-6-14)22-23-19-21-18(24)17(26-19)11-13-3-7-15(20)8-4-13/h3-10,17,22H,1,11H2,2H3,(H,21,23,24)/t17-/m0/s1. The maximum atomic E-state index is 12.2. The number of hydrogen-bond donors (Lipinski definition) is 2. The monoisotopic (exact) mass is 431 g/mol. The molecule has 5 nitrogen and oxygen atoms in total. The fourth-order valence-electron chi connectivity index (χ4n) is 2.40. The van der Waals surface area contributed by atoms with Gasteiger partial charge >= 0.3 is 0 Å². The SMILES string of the molecule is C=C(N/N=C1\NC(=O)[C@H](Cc2ccc(Br)cc2)S1)c1ccc(OC)cc1. The van der Waals surface area contributed by atoms with Gasteiger partial charge in [-0.1, -0.05) is 46.4 Å². The molecule has 2 N–H and O–H groups in total. The highest BCUT2D eigenvalue weighted by Crippen LogP contribution is 2.24. The van der Waals surface area contributed by atoms with E-state index in [9.17, 15) is 4.79 Å². The zero-order valence-electron chi connectivity index (χ0n) is 14.2. The number of hydrogen-bond acceptors (Lipinski definition) is 5. The number of ether oxygens (including phenoxy) is 1. The average Bonchev–Trinajstić information content (AvgIpc) is 3.01. The first-order valence-electron chi connectivity index (χ1n) is 7.94. The molecule has 0 spiro atoms. The number of nitrogens with zero attached hydrogens (tertiary/aromatic N) is 1. The average molecular weight is 432 g/mol. The summed E-state index contributed by atoms with van der Waals surface area (Å²) in [6.45, 7) is 3.97. The number of benzene rings is 2. The number of amides is 1. The predicted octanol–water partition coefficient (Wildman–Crippen LogP) is 3.76. The van der Waals surface area contributed by atoms with Gasteiger partial charge in [-0.05, 0) is 53.9 Å². The Balaban J connectivity index is 1.58. The van der Waals surface area contributed by atoms with Crippen molar-refractivity contribution in [3.8, 4) is 5.75 Å². The van der Waals surface area contributed by atoms with Crippen molar-refractivity contribution in [1.29, 1.82) is 0 Å². The van der Waals surface area contributed by atoms with E-state index >= 15 is 0 Å². The molecule has 3 rings (SSSR count). The van der Waals surface area contributed by atoms with Crippen LogP contribution in [0.25, 0.3) is 5.70 Å². The van der Waals surface area contributed by atoms with Crippen molar-refractivity contribution in [2.75, 3.05) is 7.11 Å². The molecule has 0 aliphatic carbocycles. The van der Waals surface area contributed by atoms with Crippen molar-refractivity contribution in [3.05, 3.63) is 70.7 Å². The van der Waals surface area contributed by atoms with Crippen LogP contribution in [0.2, 0.25) is 0 Å². The number of amidine groups is 1. The van der Waals surface area contributed by atoms with E-state index in [2.05, 4.69) is 38.4 Å². The summed E-state index contributed by atoms with van der Waals surface area (Å²) >= 11 is 4.83. The first-order valence-corrected chi connectivity index (χ1v) is 9.61. The Bertz CT molecular complexity index is 835. The smallest absolute Gasteiger partial charge is 0.239 e. The lowest BCUT2D eigenvalue weighted by atomic mass is 10.1. The molecule has 7 heteroatoms. The van der Waals surface area contributed by atoms with E-state index in [1.54, 1.807) is 7.11 Å². The van der Waals surface area contributed by atoms with Crippen molar-refractivity contribution >= 4 is 44.5 Å². The number of carbonyl (C=O) groups is 1. The van der Waals surface area contributed by atoms with Crippen LogP contribution in [-0.2, 0) is 11.2 Å². The molecule has 2 aromatic carbocycles. The fraction of sp³-hybridized carbons (Fsp3) is 0.158. The lowest BCUT2D eigenvalue weighted by Gasteiger charge is -2.07. The van der Waals surface area contributed by atoms with Crippen LogP contribution in [0.4, 0.5) is 0 Å². The number of methoxy groups -OCH3 is 1. The number of hydrazone groups is 1. The van der Waals surface area contributed by atoms with Crippen molar-refractivity contribution in [3.63, 3.8) is 0 Å². The number of halogens is 1. The van der Waals surface area contributed by atoms with Gasteiger partial charge in [0.15, 0.2) is 5.17 Å². The van der Waals surface area contributed by atoms with Gasteiger partial charge in [0.25, 0.3) is 0 Å². The first-order chi connectivity index (χ1) is 12.5. The van der Waals surface area contributed by atoms with Gasteiger partial charge in [-0.3, -0.25) is 10.2 Å². The highest BCUT2D eigenvalue weighted by molar-refractivity contribution is 9.10.